The smallest absolute Gasteiger partial charge is 0.258 e. The molecule has 1 atom stereocenters. The molecule has 1 heterocycles. The van der Waals surface area contributed by atoms with Gasteiger partial charge in [0.1, 0.15) is 11.8 Å². The maximum atomic E-state index is 12.6. The van der Waals surface area contributed by atoms with E-state index in [0.717, 1.165) is 12.0 Å². The van der Waals surface area contributed by atoms with Gasteiger partial charge >= 0.3 is 0 Å². The van der Waals surface area contributed by atoms with Crippen molar-refractivity contribution in [2.45, 2.75) is 25.8 Å². The van der Waals surface area contributed by atoms with E-state index in [1.807, 2.05) is 19.1 Å². The van der Waals surface area contributed by atoms with Gasteiger partial charge < -0.3 is 15.4 Å². The molecule has 1 saturated heterocycles. The average Bonchev–Trinajstić information content (AvgIpc) is 2.87. The van der Waals surface area contributed by atoms with Crippen LogP contribution in [0.1, 0.15) is 28.8 Å². The van der Waals surface area contributed by atoms with E-state index in [-0.39, 0.29) is 5.91 Å². The topological polar surface area (TPSA) is 72.6 Å². The van der Waals surface area contributed by atoms with Crippen LogP contribution in [0.5, 0.6) is 5.75 Å². The Labute approximate surface area is 112 Å². The molecule has 0 saturated carbocycles. The summed E-state index contributed by atoms with van der Waals surface area (Å²) in [5.41, 5.74) is 6.69. The van der Waals surface area contributed by atoms with Gasteiger partial charge in [0.15, 0.2) is 0 Å². The van der Waals surface area contributed by atoms with E-state index >= 15 is 0 Å². The molecule has 5 nitrogen and oxygen atoms in total. The maximum absolute atomic E-state index is 12.6. The van der Waals surface area contributed by atoms with Gasteiger partial charge in [-0.3, -0.25) is 9.59 Å². The third-order valence-corrected chi connectivity index (χ3v) is 3.51. The highest BCUT2D eigenvalue weighted by Gasteiger charge is 2.34. The number of likely N-dealkylation sites (tertiary alicyclic amines) is 1. The summed E-state index contributed by atoms with van der Waals surface area (Å²) in [6.07, 6.45) is 1.43. The lowest BCUT2D eigenvalue weighted by atomic mass is 10.1. The molecular formula is C14H18N2O3. The van der Waals surface area contributed by atoms with E-state index in [2.05, 4.69) is 0 Å². The highest BCUT2D eigenvalue weighted by molar-refractivity contribution is 6.01. The molecule has 0 bridgehead atoms. The van der Waals surface area contributed by atoms with Crippen LogP contribution in [0.25, 0.3) is 0 Å². The van der Waals surface area contributed by atoms with Crippen LogP contribution in [-0.4, -0.2) is 36.4 Å². The molecule has 102 valence electrons. The number of aryl methyl sites for hydroxylation is 1. The Bertz CT molecular complexity index is 513. The summed E-state index contributed by atoms with van der Waals surface area (Å²) in [7, 11) is 1.53. The number of ether oxygens (including phenoxy) is 1. The van der Waals surface area contributed by atoms with E-state index < -0.39 is 11.9 Å². The zero-order valence-corrected chi connectivity index (χ0v) is 11.2. The van der Waals surface area contributed by atoms with Crippen LogP contribution in [0.15, 0.2) is 18.2 Å². The summed E-state index contributed by atoms with van der Waals surface area (Å²) in [4.78, 5) is 25.5. The zero-order chi connectivity index (χ0) is 14.0. The first-order chi connectivity index (χ1) is 9.06. The first-order valence-corrected chi connectivity index (χ1v) is 6.30. The van der Waals surface area contributed by atoms with Crippen LogP contribution < -0.4 is 10.5 Å². The SMILES string of the molecule is COc1cccc(C)c1C(=O)N1CCC[C@H]1C(N)=O. The van der Waals surface area contributed by atoms with Crippen LogP contribution in [-0.2, 0) is 4.79 Å². The molecular weight excluding hydrogens is 244 g/mol. The van der Waals surface area contributed by atoms with E-state index in [9.17, 15) is 9.59 Å². The molecule has 1 aliphatic rings. The van der Waals surface area contributed by atoms with Gasteiger partial charge in [0.2, 0.25) is 5.91 Å². The number of carbonyl (C=O) groups excluding carboxylic acids is 2. The summed E-state index contributed by atoms with van der Waals surface area (Å²) in [6, 6.07) is 4.93. The number of hydrogen-bond donors (Lipinski definition) is 1. The highest BCUT2D eigenvalue weighted by Crippen LogP contribution is 2.27. The van der Waals surface area contributed by atoms with Crippen molar-refractivity contribution in [3.8, 4) is 5.75 Å². The molecule has 0 aliphatic carbocycles. The van der Waals surface area contributed by atoms with Crippen LogP contribution in [0, 0.1) is 6.92 Å². The first kappa shape index (κ1) is 13.4. The molecule has 2 amide bonds. The van der Waals surface area contributed by atoms with Crippen molar-refractivity contribution in [2.75, 3.05) is 13.7 Å². The van der Waals surface area contributed by atoms with E-state index in [1.165, 1.54) is 7.11 Å². The maximum Gasteiger partial charge on any atom is 0.258 e. The summed E-state index contributed by atoms with van der Waals surface area (Å²) < 4.78 is 5.24. The van der Waals surface area contributed by atoms with Crippen LogP contribution >= 0.6 is 0 Å². The van der Waals surface area contributed by atoms with Gasteiger partial charge in [-0.05, 0) is 31.4 Å². The number of nitrogens with zero attached hydrogens (tertiary/aromatic N) is 1. The fraction of sp³-hybridized carbons (Fsp3) is 0.429. The van der Waals surface area contributed by atoms with Crippen molar-refractivity contribution in [3.05, 3.63) is 29.3 Å². The Hall–Kier alpha value is -2.04. The van der Waals surface area contributed by atoms with Crippen LogP contribution in [0.4, 0.5) is 0 Å². The molecule has 1 fully saturated rings. The monoisotopic (exact) mass is 262 g/mol. The van der Waals surface area contributed by atoms with Gasteiger partial charge in [-0.15, -0.1) is 0 Å². The van der Waals surface area contributed by atoms with Crippen LogP contribution in [0.3, 0.4) is 0 Å². The molecule has 0 unspecified atom stereocenters. The number of rotatable bonds is 3. The van der Waals surface area contributed by atoms with Gasteiger partial charge in [-0.1, -0.05) is 12.1 Å². The number of amides is 2. The van der Waals surface area contributed by atoms with Crippen molar-refractivity contribution in [2.24, 2.45) is 5.73 Å². The van der Waals surface area contributed by atoms with Gasteiger partial charge in [0, 0.05) is 6.54 Å². The second-order valence-electron chi connectivity index (χ2n) is 4.71. The van der Waals surface area contributed by atoms with Crippen molar-refractivity contribution >= 4 is 11.8 Å². The van der Waals surface area contributed by atoms with Crippen molar-refractivity contribution in [3.63, 3.8) is 0 Å². The standard InChI is InChI=1S/C14H18N2O3/c1-9-5-3-7-11(19-2)12(9)14(18)16-8-4-6-10(16)13(15)17/h3,5,7,10H,4,6,8H2,1-2H3,(H2,15,17)/t10-/m0/s1. The van der Waals surface area contributed by atoms with Gasteiger partial charge in [0.05, 0.1) is 12.7 Å². The predicted octanol–water partition coefficient (Wildman–Crippen LogP) is 1.09. The van der Waals surface area contributed by atoms with Crippen molar-refractivity contribution in [1.29, 1.82) is 0 Å². The third-order valence-electron chi connectivity index (χ3n) is 3.51. The van der Waals surface area contributed by atoms with E-state index in [1.54, 1.807) is 11.0 Å². The molecule has 2 rings (SSSR count). The number of carbonyl (C=O) groups is 2. The molecule has 1 aromatic carbocycles. The lowest BCUT2D eigenvalue weighted by molar-refractivity contribution is -0.121. The Morgan fingerprint density at radius 3 is 2.79 bits per heavy atom. The van der Waals surface area contributed by atoms with E-state index in [4.69, 9.17) is 10.5 Å². The zero-order valence-electron chi connectivity index (χ0n) is 11.2. The molecule has 1 aromatic rings. The fourth-order valence-corrected chi connectivity index (χ4v) is 2.53. The Balaban J connectivity index is 2.37. The molecule has 5 heteroatoms. The largest absolute Gasteiger partial charge is 0.496 e. The second kappa shape index (κ2) is 5.30. The fourth-order valence-electron chi connectivity index (χ4n) is 2.53. The number of hydrogen-bond acceptors (Lipinski definition) is 3. The summed E-state index contributed by atoms with van der Waals surface area (Å²) in [5.74, 6) is -0.102. The minimum absolute atomic E-state index is 0.184. The van der Waals surface area contributed by atoms with Gasteiger partial charge in [-0.25, -0.2) is 0 Å². The molecule has 19 heavy (non-hydrogen) atoms. The second-order valence-corrected chi connectivity index (χ2v) is 4.71. The molecule has 2 N–H and O–H groups in total. The number of benzene rings is 1. The number of methoxy groups -OCH3 is 1. The summed E-state index contributed by atoms with van der Waals surface area (Å²) >= 11 is 0. The Morgan fingerprint density at radius 2 is 2.16 bits per heavy atom. The van der Waals surface area contributed by atoms with Crippen molar-refractivity contribution < 1.29 is 14.3 Å². The minimum atomic E-state index is -0.503. The Morgan fingerprint density at radius 1 is 1.42 bits per heavy atom. The number of nitrogens with two attached hydrogens (primary N) is 1. The lowest BCUT2D eigenvalue weighted by Crippen LogP contribution is -2.44. The molecule has 0 aromatic heterocycles. The van der Waals surface area contributed by atoms with Crippen molar-refractivity contribution in [1.82, 2.24) is 4.90 Å². The average molecular weight is 262 g/mol. The van der Waals surface area contributed by atoms with Gasteiger partial charge in [-0.2, -0.15) is 0 Å². The number of primary amides is 1. The molecule has 1 aliphatic heterocycles. The van der Waals surface area contributed by atoms with Gasteiger partial charge in [0.25, 0.3) is 5.91 Å². The molecule has 0 spiro atoms. The predicted molar refractivity (Wildman–Crippen MR) is 71.0 cm³/mol. The summed E-state index contributed by atoms with van der Waals surface area (Å²) in [6.45, 7) is 2.41. The first-order valence-electron chi connectivity index (χ1n) is 6.30. The third kappa shape index (κ3) is 2.41. The lowest BCUT2D eigenvalue weighted by Gasteiger charge is -2.24. The molecule has 0 radical (unpaired) electrons. The highest BCUT2D eigenvalue weighted by atomic mass is 16.5. The summed E-state index contributed by atoms with van der Waals surface area (Å²) in [5, 5.41) is 0. The Kier molecular flexibility index (Phi) is 3.74. The minimum Gasteiger partial charge on any atom is -0.496 e. The van der Waals surface area contributed by atoms with Crippen LogP contribution in [0.2, 0.25) is 0 Å². The van der Waals surface area contributed by atoms with E-state index in [0.29, 0.717) is 24.3 Å². The quantitative estimate of drug-likeness (QED) is 0.886. The normalized spacial score (nSPS) is 18.4.